The maximum absolute atomic E-state index is 2.43. The molecule has 0 heterocycles. The van der Waals surface area contributed by atoms with Crippen molar-refractivity contribution in [2.75, 3.05) is 0 Å². The fourth-order valence-corrected chi connectivity index (χ4v) is 4.16. The minimum absolute atomic E-state index is 0.265. The fourth-order valence-electron chi connectivity index (χ4n) is 4.16. The van der Waals surface area contributed by atoms with E-state index in [-0.39, 0.29) is 10.8 Å². The normalized spacial score (nSPS) is 18.7. The summed E-state index contributed by atoms with van der Waals surface area (Å²) in [5.41, 5.74) is 8.98. The fraction of sp³-hybridized carbons (Fsp3) is 0.462. The molecular formula is C26H34. The van der Waals surface area contributed by atoms with E-state index in [2.05, 4.69) is 97.0 Å². The second-order valence-electron chi connectivity index (χ2n) is 9.68. The molecule has 0 saturated heterocycles. The average Bonchev–Trinajstić information content (AvgIpc) is 2.59. The number of benzene rings is 2. The molecule has 0 heteroatoms. The molecule has 0 saturated carbocycles. The summed E-state index contributed by atoms with van der Waals surface area (Å²) in [6.07, 6.45) is 4.86. The van der Waals surface area contributed by atoms with Crippen LogP contribution >= 0.6 is 0 Å². The van der Waals surface area contributed by atoms with Crippen LogP contribution in [-0.4, -0.2) is 0 Å². The Morgan fingerprint density at radius 3 is 2.00 bits per heavy atom. The van der Waals surface area contributed by atoms with Crippen molar-refractivity contribution in [3.63, 3.8) is 0 Å². The summed E-state index contributed by atoms with van der Waals surface area (Å²) in [5, 5.41) is 0. The molecule has 0 radical (unpaired) electrons. The zero-order chi connectivity index (χ0) is 19.1. The number of fused-ring (bicyclic) bond motifs is 1. The molecule has 3 rings (SSSR count). The quantitative estimate of drug-likeness (QED) is 0.499. The van der Waals surface area contributed by atoms with Crippen molar-refractivity contribution >= 4 is 11.6 Å². The molecule has 0 spiro atoms. The maximum atomic E-state index is 2.43. The Kier molecular flexibility index (Phi) is 4.90. The van der Waals surface area contributed by atoms with Crippen molar-refractivity contribution in [2.45, 2.75) is 78.1 Å². The first-order valence-electron chi connectivity index (χ1n) is 10.0. The Bertz CT molecular complexity index is 814. The number of allylic oxidation sites excluding steroid dienone is 1. The third-order valence-electron chi connectivity index (χ3n) is 6.29. The summed E-state index contributed by atoms with van der Waals surface area (Å²) in [6.45, 7) is 16.3. The van der Waals surface area contributed by atoms with Crippen molar-refractivity contribution < 1.29 is 0 Å². The van der Waals surface area contributed by atoms with Gasteiger partial charge in [0.1, 0.15) is 0 Å². The van der Waals surface area contributed by atoms with Gasteiger partial charge in [-0.05, 0) is 69.9 Å². The predicted octanol–water partition coefficient (Wildman–Crippen LogP) is 7.72. The van der Waals surface area contributed by atoms with Crippen LogP contribution in [0.3, 0.4) is 0 Å². The highest BCUT2D eigenvalue weighted by Crippen LogP contribution is 2.46. The van der Waals surface area contributed by atoms with Crippen molar-refractivity contribution in [3.8, 4) is 0 Å². The second kappa shape index (κ2) is 6.72. The van der Waals surface area contributed by atoms with Gasteiger partial charge in [0, 0.05) is 0 Å². The zero-order valence-corrected chi connectivity index (χ0v) is 17.6. The summed E-state index contributed by atoms with van der Waals surface area (Å²) in [5.74, 6) is 0.583. The highest BCUT2D eigenvalue weighted by atomic mass is 14.4. The van der Waals surface area contributed by atoms with Gasteiger partial charge in [-0.3, -0.25) is 0 Å². The molecule has 0 aromatic heterocycles. The molecule has 0 amide bonds. The minimum atomic E-state index is 0.265. The van der Waals surface area contributed by atoms with Gasteiger partial charge in [0.2, 0.25) is 0 Å². The van der Waals surface area contributed by atoms with Gasteiger partial charge in [0.15, 0.2) is 0 Å². The summed E-state index contributed by atoms with van der Waals surface area (Å²) in [4.78, 5) is 0. The van der Waals surface area contributed by atoms with Crippen LogP contribution in [0.15, 0.2) is 42.5 Å². The summed E-state index contributed by atoms with van der Waals surface area (Å²) < 4.78 is 0. The van der Waals surface area contributed by atoms with Crippen molar-refractivity contribution in [3.05, 3.63) is 70.3 Å². The monoisotopic (exact) mass is 346 g/mol. The van der Waals surface area contributed by atoms with E-state index in [0.29, 0.717) is 5.92 Å². The Labute approximate surface area is 160 Å². The number of rotatable bonds is 3. The molecule has 2 aromatic rings. The van der Waals surface area contributed by atoms with Crippen LogP contribution in [0.25, 0.3) is 11.6 Å². The van der Waals surface area contributed by atoms with Gasteiger partial charge in [-0.2, -0.15) is 0 Å². The van der Waals surface area contributed by atoms with Crippen molar-refractivity contribution in [1.29, 1.82) is 0 Å². The molecule has 0 fully saturated rings. The lowest BCUT2D eigenvalue weighted by atomic mass is 9.63. The van der Waals surface area contributed by atoms with Crippen LogP contribution in [-0.2, 0) is 10.8 Å². The van der Waals surface area contributed by atoms with Crippen LogP contribution in [0.1, 0.15) is 95.0 Å². The first-order chi connectivity index (χ1) is 12.1. The first-order valence-corrected chi connectivity index (χ1v) is 10.0. The Hall–Kier alpha value is -1.82. The van der Waals surface area contributed by atoms with E-state index in [1.54, 1.807) is 0 Å². The highest BCUT2D eigenvalue weighted by molar-refractivity contribution is 5.80. The van der Waals surface area contributed by atoms with Gasteiger partial charge < -0.3 is 0 Å². The molecule has 0 aliphatic heterocycles. The number of hydrogen-bond donors (Lipinski definition) is 0. The van der Waals surface area contributed by atoms with E-state index < -0.39 is 0 Å². The standard InChI is InChI=1S/C26H34/c1-18(2)21-9-11-22(12-10-21)19(3)16-20-8-13-23-24(17-20)26(6,7)15-14-25(23,4)5/h8-13,16-18H,14-15H2,1-7H3/b19-16+. The van der Waals surface area contributed by atoms with Crippen LogP contribution in [0.5, 0.6) is 0 Å². The highest BCUT2D eigenvalue weighted by Gasteiger charge is 2.36. The van der Waals surface area contributed by atoms with E-state index >= 15 is 0 Å². The molecule has 138 valence electrons. The van der Waals surface area contributed by atoms with Crippen LogP contribution in [0.2, 0.25) is 0 Å². The van der Waals surface area contributed by atoms with Crippen molar-refractivity contribution in [2.24, 2.45) is 0 Å². The van der Waals surface area contributed by atoms with Gasteiger partial charge in [-0.1, -0.05) is 90.1 Å². The van der Waals surface area contributed by atoms with Crippen LogP contribution < -0.4 is 0 Å². The van der Waals surface area contributed by atoms with Crippen LogP contribution in [0, 0.1) is 0 Å². The van der Waals surface area contributed by atoms with Gasteiger partial charge in [-0.25, -0.2) is 0 Å². The third-order valence-corrected chi connectivity index (χ3v) is 6.29. The molecule has 2 aromatic carbocycles. The first kappa shape index (κ1) is 19.0. The number of hydrogen-bond acceptors (Lipinski definition) is 0. The van der Waals surface area contributed by atoms with Gasteiger partial charge >= 0.3 is 0 Å². The summed E-state index contributed by atoms with van der Waals surface area (Å²) in [6, 6.07) is 16.1. The largest absolute Gasteiger partial charge is 0.0587 e. The minimum Gasteiger partial charge on any atom is -0.0587 e. The van der Waals surface area contributed by atoms with Gasteiger partial charge in [0.25, 0.3) is 0 Å². The lowest BCUT2D eigenvalue weighted by Crippen LogP contribution is -2.33. The van der Waals surface area contributed by atoms with E-state index in [9.17, 15) is 0 Å². The zero-order valence-electron chi connectivity index (χ0n) is 17.6. The Morgan fingerprint density at radius 1 is 0.846 bits per heavy atom. The van der Waals surface area contributed by atoms with Gasteiger partial charge in [0.05, 0.1) is 0 Å². The smallest absolute Gasteiger partial charge is 0.0100 e. The molecule has 1 aliphatic rings. The van der Waals surface area contributed by atoms with E-state index in [1.165, 1.54) is 46.2 Å². The average molecular weight is 347 g/mol. The van der Waals surface area contributed by atoms with Gasteiger partial charge in [-0.15, -0.1) is 0 Å². The molecule has 1 aliphatic carbocycles. The summed E-state index contributed by atoms with van der Waals surface area (Å²) in [7, 11) is 0. The lowest BCUT2D eigenvalue weighted by molar-refractivity contribution is 0.332. The predicted molar refractivity (Wildman–Crippen MR) is 116 cm³/mol. The van der Waals surface area contributed by atoms with E-state index in [1.807, 2.05) is 0 Å². The Balaban J connectivity index is 1.96. The molecule has 0 N–H and O–H groups in total. The maximum Gasteiger partial charge on any atom is -0.0100 e. The molecule has 0 unspecified atom stereocenters. The molecule has 0 atom stereocenters. The van der Waals surface area contributed by atoms with Crippen molar-refractivity contribution in [1.82, 2.24) is 0 Å². The second-order valence-corrected chi connectivity index (χ2v) is 9.68. The van der Waals surface area contributed by atoms with Crippen LogP contribution in [0.4, 0.5) is 0 Å². The molecule has 0 nitrogen and oxygen atoms in total. The lowest BCUT2D eigenvalue weighted by Gasteiger charge is -2.42. The SMILES string of the molecule is C/C(=C\c1ccc2c(c1)C(C)(C)CCC2(C)C)c1ccc(C(C)C)cc1. The molecule has 0 bridgehead atoms. The topological polar surface area (TPSA) is 0 Å². The van der Waals surface area contributed by atoms with E-state index in [0.717, 1.165) is 0 Å². The molecule has 26 heavy (non-hydrogen) atoms. The Morgan fingerprint density at radius 2 is 1.42 bits per heavy atom. The van der Waals surface area contributed by atoms with E-state index in [4.69, 9.17) is 0 Å². The third kappa shape index (κ3) is 3.65. The summed E-state index contributed by atoms with van der Waals surface area (Å²) >= 11 is 0. The molecular weight excluding hydrogens is 312 g/mol.